The van der Waals surface area contributed by atoms with E-state index in [1.807, 2.05) is 12.2 Å². The van der Waals surface area contributed by atoms with Gasteiger partial charge in [0.1, 0.15) is 0 Å². The second kappa shape index (κ2) is 3.31. The second-order valence-electron chi connectivity index (χ2n) is 2.71. The Kier molecular flexibility index (Phi) is 2.00. The highest BCUT2D eigenvalue weighted by Crippen LogP contribution is 2.15. The molecule has 0 saturated heterocycles. The van der Waals surface area contributed by atoms with Crippen molar-refractivity contribution < 1.29 is 4.79 Å². The normalized spacial score (nSPS) is 15.7. The molecule has 3 heteroatoms. The molecule has 1 aliphatic rings. The van der Waals surface area contributed by atoms with Gasteiger partial charge in [-0.05, 0) is 12.1 Å². The number of rotatable bonds is 1. The predicted molar refractivity (Wildman–Crippen MR) is 48.8 cm³/mol. The largest absolute Gasteiger partial charge is 0.294 e. The number of Topliss-reactive ketones (excluding diaryl/α,β-unsaturated/α-hetero) is 1. The fourth-order valence-electron chi connectivity index (χ4n) is 1.18. The molecule has 0 fully saturated rings. The highest BCUT2D eigenvalue weighted by Gasteiger charge is 2.13. The zero-order valence-electron chi connectivity index (χ0n) is 6.97. The van der Waals surface area contributed by atoms with Crippen molar-refractivity contribution in [1.29, 1.82) is 0 Å². The number of ketones is 1. The van der Waals surface area contributed by atoms with Gasteiger partial charge < -0.3 is 0 Å². The maximum atomic E-state index is 11.4. The van der Waals surface area contributed by atoms with E-state index in [0.29, 0.717) is 17.8 Å². The first-order valence-electron chi connectivity index (χ1n) is 4.05. The summed E-state index contributed by atoms with van der Waals surface area (Å²) in [6.07, 6.45) is 9.15. The van der Waals surface area contributed by atoms with Crippen LogP contribution in [-0.4, -0.2) is 15.8 Å². The summed E-state index contributed by atoms with van der Waals surface area (Å²) in [5.41, 5.74) is 0.600. The van der Waals surface area contributed by atoms with Crippen molar-refractivity contribution in [2.24, 2.45) is 0 Å². The third kappa shape index (κ3) is 1.54. The quantitative estimate of drug-likeness (QED) is 0.642. The summed E-state index contributed by atoms with van der Waals surface area (Å²) in [7, 11) is 0. The van der Waals surface area contributed by atoms with Gasteiger partial charge >= 0.3 is 0 Å². The van der Waals surface area contributed by atoms with E-state index in [-0.39, 0.29) is 5.78 Å². The molecule has 0 bridgehead atoms. The lowest BCUT2D eigenvalue weighted by molar-refractivity contribution is -0.113. The van der Waals surface area contributed by atoms with Crippen molar-refractivity contribution in [2.45, 2.75) is 6.42 Å². The van der Waals surface area contributed by atoms with Gasteiger partial charge in [-0.3, -0.25) is 4.79 Å². The molecular formula is C10H8N2O. The van der Waals surface area contributed by atoms with E-state index in [4.69, 9.17) is 0 Å². The van der Waals surface area contributed by atoms with E-state index in [1.165, 1.54) is 0 Å². The van der Waals surface area contributed by atoms with Crippen LogP contribution in [0, 0.1) is 0 Å². The molecule has 1 aromatic heterocycles. The summed E-state index contributed by atoms with van der Waals surface area (Å²) in [6.45, 7) is 0. The fourth-order valence-corrected chi connectivity index (χ4v) is 1.18. The molecule has 1 aliphatic carbocycles. The van der Waals surface area contributed by atoms with Crippen LogP contribution in [-0.2, 0) is 4.79 Å². The molecule has 0 atom stereocenters. The molecular weight excluding hydrogens is 164 g/mol. The van der Waals surface area contributed by atoms with E-state index in [1.54, 1.807) is 24.5 Å². The Labute approximate surface area is 75.8 Å². The fraction of sp³-hybridized carbons (Fsp3) is 0.100. The summed E-state index contributed by atoms with van der Waals surface area (Å²) < 4.78 is 0. The van der Waals surface area contributed by atoms with E-state index in [9.17, 15) is 4.79 Å². The third-order valence-corrected chi connectivity index (χ3v) is 1.81. The summed E-state index contributed by atoms with van der Waals surface area (Å²) in [4.78, 5) is 19.4. The monoisotopic (exact) mass is 172 g/mol. The summed E-state index contributed by atoms with van der Waals surface area (Å²) in [5, 5.41) is 0. The molecule has 64 valence electrons. The van der Waals surface area contributed by atoms with Gasteiger partial charge in [-0.2, -0.15) is 0 Å². The van der Waals surface area contributed by atoms with Crippen LogP contribution in [0.15, 0.2) is 36.7 Å². The first-order chi connectivity index (χ1) is 6.38. The number of allylic oxidation sites excluding steroid dienone is 4. The van der Waals surface area contributed by atoms with Gasteiger partial charge in [-0.25, -0.2) is 9.97 Å². The molecule has 0 unspecified atom stereocenters. The Balaban J connectivity index is 2.41. The molecule has 0 aromatic carbocycles. The van der Waals surface area contributed by atoms with Crippen LogP contribution in [0.3, 0.4) is 0 Å². The number of carbonyl (C=O) groups is 1. The molecule has 0 spiro atoms. The average Bonchev–Trinajstić information content (AvgIpc) is 2.20. The van der Waals surface area contributed by atoms with Crippen molar-refractivity contribution in [2.75, 3.05) is 0 Å². The number of nitrogens with zero attached hydrogens (tertiary/aromatic N) is 2. The van der Waals surface area contributed by atoms with E-state index >= 15 is 0 Å². The Bertz CT molecular complexity index is 379. The lowest BCUT2D eigenvalue weighted by Gasteiger charge is -2.04. The van der Waals surface area contributed by atoms with Crippen LogP contribution in [0.25, 0.3) is 5.57 Å². The van der Waals surface area contributed by atoms with E-state index in [2.05, 4.69) is 9.97 Å². The maximum absolute atomic E-state index is 11.4. The van der Waals surface area contributed by atoms with Gasteiger partial charge in [0.2, 0.25) is 0 Å². The van der Waals surface area contributed by atoms with Crippen molar-refractivity contribution in [1.82, 2.24) is 9.97 Å². The molecule has 0 radical (unpaired) electrons. The Morgan fingerprint density at radius 1 is 1.23 bits per heavy atom. The standard InChI is InChI=1S/C10H8N2O/c13-9-5-2-1-4-8(9)10-11-6-3-7-12-10/h1-4,6-7H,5H2. The summed E-state index contributed by atoms with van der Waals surface area (Å²) >= 11 is 0. The SMILES string of the molecule is O=C1CC=CC=C1c1ncccn1. The van der Waals surface area contributed by atoms with E-state index < -0.39 is 0 Å². The van der Waals surface area contributed by atoms with Crippen molar-refractivity contribution in [3.63, 3.8) is 0 Å². The van der Waals surface area contributed by atoms with Crippen LogP contribution in [0.5, 0.6) is 0 Å². The molecule has 0 amide bonds. The molecule has 3 nitrogen and oxygen atoms in total. The second-order valence-corrected chi connectivity index (χ2v) is 2.71. The predicted octanol–water partition coefficient (Wildman–Crippen LogP) is 1.39. The lowest BCUT2D eigenvalue weighted by Crippen LogP contribution is -2.05. The minimum Gasteiger partial charge on any atom is -0.294 e. The van der Waals surface area contributed by atoms with Crippen LogP contribution in [0.2, 0.25) is 0 Å². The highest BCUT2D eigenvalue weighted by atomic mass is 16.1. The molecule has 1 heterocycles. The topological polar surface area (TPSA) is 42.9 Å². The summed E-state index contributed by atoms with van der Waals surface area (Å²) in [6, 6.07) is 1.73. The molecule has 0 N–H and O–H groups in total. The smallest absolute Gasteiger partial charge is 0.170 e. The third-order valence-electron chi connectivity index (χ3n) is 1.81. The Hall–Kier alpha value is -1.77. The first-order valence-corrected chi connectivity index (χ1v) is 4.05. The molecule has 13 heavy (non-hydrogen) atoms. The number of hydrogen-bond acceptors (Lipinski definition) is 3. The van der Waals surface area contributed by atoms with Crippen molar-refractivity contribution in [3.8, 4) is 0 Å². The number of hydrogen-bond donors (Lipinski definition) is 0. The number of aromatic nitrogens is 2. The van der Waals surface area contributed by atoms with Gasteiger partial charge in [-0.1, -0.05) is 12.2 Å². The van der Waals surface area contributed by atoms with Crippen LogP contribution < -0.4 is 0 Å². The molecule has 2 rings (SSSR count). The first kappa shape index (κ1) is 7.86. The van der Waals surface area contributed by atoms with Gasteiger partial charge in [-0.15, -0.1) is 0 Å². The van der Waals surface area contributed by atoms with Crippen LogP contribution >= 0.6 is 0 Å². The number of carbonyl (C=O) groups excluding carboxylic acids is 1. The maximum Gasteiger partial charge on any atom is 0.170 e. The molecule has 0 aliphatic heterocycles. The minimum atomic E-state index is 0.0775. The van der Waals surface area contributed by atoms with Crippen molar-refractivity contribution >= 4 is 11.4 Å². The van der Waals surface area contributed by atoms with Gasteiger partial charge in [0.15, 0.2) is 11.6 Å². The van der Waals surface area contributed by atoms with Gasteiger partial charge in [0.25, 0.3) is 0 Å². The average molecular weight is 172 g/mol. The summed E-state index contributed by atoms with van der Waals surface area (Å²) in [5.74, 6) is 0.588. The minimum absolute atomic E-state index is 0.0775. The molecule has 0 saturated carbocycles. The van der Waals surface area contributed by atoms with Crippen LogP contribution in [0.4, 0.5) is 0 Å². The zero-order valence-corrected chi connectivity index (χ0v) is 6.97. The van der Waals surface area contributed by atoms with Crippen LogP contribution in [0.1, 0.15) is 12.2 Å². The van der Waals surface area contributed by atoms with E-state index in [0.717, 1.165) is 0 Å². The Morgan fingerprint density at radius 2 is 2.00 bits per heavy atom. The molecule has 1 aromatic rings. The lowest BCUT2D eigenvalue weighted by atomic mass is 10.0. The van der Waals surface area contributed by atoms with Crippen molar-refractivity contribution in [3.05, 3.63) is 42.5 Å². The zero-order chi connectivity index (χ0) is 9.10. The van der Waals surface area contributed by atoms with Gasteiger partial charge in [0.05, 0.1) is 5.57 Å². The van der Waals surface area contributed by atoms with Gasteiger partial charge in [0, 0.05) is 18.8 Å². The Morgan fingerprint density at radius 3 is 2.69 bits per heavy atom. The highest BCUT2D eigenvalue weighted by molar-refractivity contribution is 6.21.